The zero-order valence-electron chi connectivity index (χ0n) is 9.16. The monoisotopic (exact) mass is 327 g/mol. The van der Waals surface area contributed by atoms with Crippen LogP contribution in [0.1, 0.15) is 15.9 Å². The number of Topliss-reactive ketones (excluding diaryl/α,β-unsaturated/α-hetero) is 1. The summed E-state index contributed by atoms with van der Waals surface area (Å²) in [5.41, 5.74) is 1.22. The molecule has 0 N–H and O–H groups in total. The zero-order chi connectivity index (χ0) is 13.1. The number of nitrogens with zero attached hydrogens (tertiary/aromatic N) is 1. The van der Waals surface area contributed by atoms with Crippen molar-refractivity contribution >= 4 is 33.3 Å². The van der Waals surface area contributed by atoms with Gasteiger partial charge in [0, 0.05) is 22.7 Å². The molecule has 0 atom stereocenters. The minimum atomic E-state index is -0.343. The fraction of sp³-hybridized carbons (Fsp3) is 0.0769. The Labute approximate surface area is 117 Å². The largest absolute Gasteiger partial charge is 0.294 e. The molecule has 0 saturated carbocycles. The Balaban J connectivity index is 2.21. The van der Waals surface area contributed by atoms with Crippen LogP contribution < -0.4 is 0 Å². The van der Waals surface area contributed by atoms with Gasteiger partial charge in [0.2, 0.25) is 0 Å². The first-order valence-corrected chi connectivity index (χ1v) is 6.32. The van der Waals surface area contributed by atoms with E-state index in [1.165, 1.54) is 24.4 Å². The summed E-state index contributed by atoms with van der Waals surface area (Å²) in [6.07, 6.45) is 1.66. The maximum Gasteiger partial charge on any atom is 0.167 e. The molecule has 1 aromatic carbocycles. The van der Waals surface area contributed by atoms with E-state index in [9.17, 15) is 9.18 Å². The van der Waals surface area contributed by atoms with Crippen molar-refractivity contribution in [2.75, 3.05) is 0 Å². The predicted octanol–water partition coefficient (Wildman–Crippen LogP) is 4.06. The Morgan fingerprint density at radius 3 is 2.78 bits per heavy atom. The average Bonchev–Trinajstić information content (AvgIpc) is 2.32. The summed E-state index contributed by atoms with van der Waals surface area (Å²) < 4.78 is 13.5. The Morgan fingerprint density at radius 1 is 1.33 bits per heavy atom. The van der Waals surface area contributed by atoms with Gasteiger partial charge in [0.05, 0.1) is 0 Å². The smallest absolute Gasteiger partial charge is 0.167 e. The van der Waals surface area contributed by atoms with E-state index in [2.05, 4.69) is 20.9 Å². The fourth-order valence-electron chi connectivity index (χ4n) is 1.52. The molecule has 92 valence electrons. The van der Waals surface area contributed by atoms with Gasteiger partial charge in [-0.1, -0.05) is 33.6 Å². The van der Waals surface area contributed by atoms with Crippen LogP contribution in [-0.2, 0) is 6.42 Å². The van der Waals surface area contributed by atoms with Gasteiger partial charge in [-0.25, -0.2) is 9.37 Å². The highest BCUT2D eigenvalue weighted by Gasteiger charge is 2.10. The lowest BCUT2D eigenvalue weighted by atomic mass is 10.0. The summed E-state index contributed by atoms with van der Waals surface area (Å²) in [4.78, 5) is 15.8. The van der Waals surface area contributed by atoms with Crippen LogP contribution in [0, 0.1) is 5.82 Å². The maximum atomic E-state index is 12.9. The van der Waals surface area contributed by atoms with Crippen molar-refractivity contribution in [3.05, 3.63) is 63.1 Å². The van der Waals surface area contributed by atoms with Crippen LogP contribution in [-0.4, -0.2) is 10.8 Å². The number of benzene rings is 1. The number of rotatable bonds is 3. The van der Waals surface area contributed by atoms with Crippen LogP contribution in [0.2, 0.25) is 5.15 Å². The van der Waals surface area contributed by atoms with Crippen LogP contribution in [0.3, 0.4) is 0 Å². The second-order valence-corrected chi connectivity index (χ2v) is 4.94. The Morgan fingerprint density at radius 2 is 2.11 bits per heavy atom. The Hall–Kier alpha value is -1.26. The zero-order valence-corrected chi connectivity index (χ0v) is 11.5. The molecule has 18 heavy (non-hydrogen) atoms. The van der Waals surface area contributed by atoms with Crippen molar-refractivity contribution in [2.24, 2.45) is 0 Å². The third-order valence-electron chi connectivity index (χ3n) is 2.41. The SMILES string of the molecule is O=C(Cc1ccc(F)cc1Br)c1ccnc(Cl)c1. The number of carbonyl (C=O) groups is 1. The molecule has 0 aliphatic rings. The van der Waals surface area contributed by atoms with E-state index in [4.69, 9.17) is 11.6 Å². The van der Waals surface area contributed by atoms with Gasteiger partial charge in [0.25, 0.3) is 0 Å². The number of ketones is 1. The second kappa shape index (κ2) is 5.59. The number of carbonyl (C=O) groups excluding carboxylic acids is 1. The van der Waals surface area contributed by atoms with Gasteiger partial charge in [-0.3, -0.25) is 4.79 Å². The molecular formula is C13H8BrClFNO. The molecule has 2 aromatic rings. The van der Waals surface area contributed by atoms with Gasteiger partial charge in [-0.15, -0.1) is 0 Å². The van der Waals surface area contributed by atoms with Crippen molar-refractivity contribution in [3.63, 3.8) is 0 Å². The van der Waals surface area contributed by atoms with Crippen LogP contribution in [0.15, 0.2) is 41.0 Å². The van der Waals surface area contributed by atoms with E-state index >= 15 is 0 Å². The minimum Gasteiger partial charge on any atom is -0.294 e. The van der Waals surface area contributed by atoms with E-state index in [1.54, 1.807) is 12.1 Å². The maximum absolute atomic E-state index is 12.9. The highest BCUT2D eigenvalue weighted by molar-refractivity contribution is 9.10. The van der Waals surface area contributed by atoms with Crippen LogP contribution in [0.25, 0.3) is 0 Å². The van der Waals surface area contributed by atoms with Crippen LogP contribution >= 0.6 is 27.5 Å². The Bertz CT molecular complexity index is 603. The molecule has 5 heteroatoms. The van der Waals surface area contributed by atoms with Gasteiger partial charge >= 0.3 is 0 Å². The summed E-state index contributed by atoms with van der Waals surface area (Å²) in [6, 6.07) is 7.36. The van der Waals surface area contributed by atoms with E-state index in [1.807, 2.05) is 0 Å². The normalized spacial score (nSPS) is 10.4. The van der Waals surface area contributed by atoms with Crippen molar-refractivity contribution in [2.45, 2.75) is 6.42 Å². The van der Waals surface area contributed by atoms with Crippen molar-refractivity contribution in [3.8, 4) is 0 Å². The van der Waals surface area contributed by atoms with Gasteiger partial charge < -0.3 is 0 Å². The van der Waals surface area contributed by atoms with Crippen molar-refractivity contribution < 1.29 is 9.18 Å². The lowest BCUT2D eigenvalue weighted by Gasteiger charge is -2.04. The predicted molar refractivity (Wildman–Crippen MR) is 71.4 cm³/mol. The summed E-state index contributed by atoms with van der Waals surface area (Å²) in [5, 5.41) is 0.277. The third kappa shape index (κ3) is 3.15. The number of halogens is 3. The van der Waals surface area contributed by atoms with E-state index in [0.29, 0.717) is 10.0 Å². The summed E-state index contributed by atoms with van der Waals surface area (Å²) in [5.74, 6) is -0.434. The molecule has 0 spiro atoms. The molecule has 0 unspecified atom stereocenters. The number of aromatic nitrogens is 1. The highest BCUT2D eigenvalue weighted by atomic mass is 79.9. The molecule has 1 aromatic heterocycles. The van der Waals surface area contributed by atoms with Crippen molar-refractivity contribution in [1.29, 1.82) is 0 Å². The molecule has 0 aliphatic heterocycles. The molecule has 0 bridgehead atoms. The van der Waals surface area contributed by atoms with E-state index < -0.39 is 0 Å². The molecule has 0 aliphatic carbocycles. The molecule has 0 radical (unpaired) electrons. The number of pyridine rings is 1. The van der Waals surface area contributed by atoms with Gasteiger partial charge in [-0.05, 0) is 29.8 Å². The van der Waals surface area contributed by atoms with Gasteiger partial charge in [0.1, 0.15) is 11.0 Å². The molecule has 2 rings (SSSR count). The van der Waals surface area contributed by atoms with E-state index in [0.717, 1.165) is 5.56 Å². The first-order valence-electron chi connectivity index (χ1n) is 5.15. The topological polar surface area (TPSA) is 30.0 Å². The standard InChI is InChI=1S/C13H8BrClFNO/c14-11-7-10(16)2-1-8(11)5-12(18)9-3-4-17-13(15)6-9/h1-4,6-7H,5H2. The van der Waals surface area contributed by atoms with Gasteiger partial charge in [0.15, 0.2) is 5.78 Å². The average molecular weight is 329 g/mol. The van der Waals surface area contributed by atoms with E-state index in [-0.39, 0.29) is 23.2 Å². The molecular weight excluding hydrogens is 321 g/mol. The molecule has 0 fully saturated rings. The summed E-state index contributed by atoms with van der Waals surface area (Å²) in [6.45, 7) is 0. The second-order valence-electron chi connectivity index (χ2n) is 3.70. The van der Waals surface area contributed by atoms with Gasteiger partial charge in [-0.2, -0.15) is 0 Å². The first-order chi connectivity index (χ1) is 8.56. The number of hydrogen-bond donors (Lipinski definition) is 0. The first kappa shape index (κ1) is 13.2. The van der Waals surface area contributed by atoms with Crippen LogP contribution in [0.4, 0.5) is 4.39 Å². The lowest BCUT2D eigenvalue weighted by molar-refractivity contribution is 0.0992. The van der Waals surface area contributed by atoms with Crippen molar-refractivity contribution in [1.82, 2.24) is 4.98 Å². The fourth-order valence-corrected chi connectivity index (χ4v) is 2.18. The lowest BCUT2D eigenvalue weighted by Crippen LogP contribution is -2.04. The third-order valence-corrected chi connectivity index (χ3v) is 3.36. The summed E-state index contributed by atoms with van der Waals surface area (Å²) >= 11 is 8.95. The van der Waals surface area contributed by atoms with Crippen LogP contribution in [0.5, 0.6) is 0 Å². The molecule has 0 saturated heterocycles. The number of hydrogen-bond acceptors (Lipinski definition) is 2. The highest BCUT2D eigenvalue weighted by Crippen LogP contribution is 2.20. The minimum absolute atomic E-state index is 0.0911. The molecule has 2 nitrogen and oxygen atoms in total. The molecule has 0 amide bonds. The molecule has 1 heterocycles. The summed E-state index contributed by atoms with van der Waals surface area (Å²) in [7, 11) is 0. The quantitative estimate of drug-likeness (QED) is 0.628. The Kier molecular flexibility index (Phi) is 4.09.